The Balaban J connectivity index is 3.39. The van der Waals surface area contributed by atoms with Crippen molar-refractivity contribution >= 4 is 0 Å². The molecule has 3 N–H and O–H groups in total. The molecule has 0 saturated carbocycles. The molecule has 0 saturated heterocycles. The van der Waals surface area contributed by atoms with Gasteiger partial charge >= 0.3 is 0 Å². The Hall–Kier alpha value is -0.160. The summed E-state index contributed by atoms with van der Waals surface area (Å²) in [6.07, 6.45) is 0.892. The van der Waals surface area contributed by atoms with Crippen LogP contribution in [-0.4, -0.2) is 48.7 Å². The van der Waals surface area contributed by atoms with Crippen molar-refractivity contribution in [1.82, 2.24) is 5.32 Å². The fourth-order valence-corrected chi connectivity index (χ4v) is 0.871. The first kappa shape index (κ1) is 12.8. The lowest BCUT2D eigenvalue weighted by Gasteiger charge is -2.26. The third-order valence-corrected chi connectivity index (χ3v) is 1.92. The highest BCUT2D eigenvalue weighted by Crippen LogP contribution is 1.99. The molecule has 0 spiro atoms. The molecule has 0 unspecified atom stereocenters. The molecule has 0 aromatic rings. The lowest BCUT2D eigenvalue weighted by Crippen LogP contribution is -2.49. The zero-order valence-electron chi connectivity index (χ0n) is 8.55. The van der Waals surface area contributed by atoms with Gasteiger partial charge in [-0.2, -0.15) is 0 Å². The van der Waals surface area contributed by atoms with Gasteiger partial charge in [0.25, 0.3) is 0 Å². The van der Waals surface area contributed by atoms with E-state index in [1.165, 1.54) is 0 Å². The maximum absolute atomic E-state index is 8.93. The molecule has 0 atom stereocenters. The fraction of sp³-hybridized carbons (Fsp3) is 1.00. The lowest BCUT2D eigenvalue weighted by atomic mass is 10.1. The molecule has 0 heterocycles. The summed E-state index contributed by atoms with van der Waals surface area (Å²) in [6, 6.07) is 0. The molecule has 0 aromatic carbocycles. The maximum Gasteiger partial charge on any atom is 0.0633 e. The summed E-state index contributed by atoms with van der Waals surface area (Å²) >= 11 is 0. The summed E-state index contributed by atoms with van der Waals surface area (Å²) in [5, 5.41) is 20.9. The van der Waals surface area contributed by atoms with E-state index in [9.17, 15) is 0 Å². The van der Waals surface area contributed by atoms with E-state index in [1.807, 2.05) is 6.92 Å². The molecule has 13 heavy (non-hydrogen) atoms. The fourth-order valence-electron chi connectivity index (χ4n) is 0.871. The van der Waals surface area contributed by atoms with Gasteiger partial charge in [0.1, 0.15) is 0 Å². The van der Waals surface area contributed by atoms with E-state index in [2.05, 4.69) is 5.32 Å². The van der Waals surface area contributed by atoms with Gasteiger partial charge in [-0.25, -0.2) is 0 Å². The molecule has 0 aliphatic rings. The molecule has 0 aromatic heterocycles. The van der Waals surface area contributed by atoms with Crippen LogP contribution in [0.25, 0.3) is 0 Å². The maximum atomic E-state index is 8.93. The van der Waals surface area contributed by atoms with Gasteiger partial charge in [0.2, 0.25) is 0 Å². The van der Waals surface area contributed by atoms with Gasteiger partial charge < -0.3 is 20.3 Å². The van der Waals surface area contributed by atoms with Crippen LogP contribution in [-0.2, 0) is 4.74 Å². The first-order valence-electron chi connectivity index (χ1n) is 4.73. The van der Waals surface area contributed by atoms with Crippen molar-refractivity contribution in [2.24, 2.45) is 0 Å². The third-order valence-electron chi connectivity index (χ3n) is 1.92. The molecule has 80 valence electrons. The second-order valence-corrected chi connectivity index (χ2v) is 3.35. The summed E-state index contributed by atoms with van der Waals surface area (Å²) in [4.78, 5) is 0. The third kappa shape index (κ3) is 5.99. The van der Waals surface area contributed by atoms with Crippen LogP contribution in [0.15, 0.2) is 0 Å². The van der Waals surface area contributed by atoms with Crippen LogP contribution in [0.4, 0.5) is 0 Å². The van der Waals surface area contributed by atoms with Crippen LogP contribution >= 0.6 is 0 Å². The van der Waals surface area contributed by atoms with Crippen molar-refractivity contribution in [1.29, 1.82) is 0 Å². The number of rotatable bonds is 8. The zero-order chi connectivity index (χ0) is 10.2. The van der Waals surface area contributed by atoms with Crippen molar-refractivity contribution in [3.63, 3.8) is 0 Å². The smallest absolute Gasteiger partial charge is 0.0633 e. The topological polar surface area (TPSA) is 61.7 Å². The van der Waals surface area contributed by atoms with Gasteiger partial charge in [-0.05, 0) is 26.8 Å². The predicted octanol–water partition coefficient (Wildman–Crippen LogP) is -0.254. The van der Waals surface area contributed by atoms with Crippen LogP contribution in [0.3, 0.4) is 0 Å². The number of hydrogen-bond donors (Lipinski definition) is 3. The SMILES string of the molecule is CCOCCCNC(C)(CO)CO. The van der Waals surface area contributed by atoms with E-state index in [4.69, 9.17) is 14.9 Å². The van der Waals surface area contributed by atoms with Crippen LogP contribution in [0.5, 0.6) is 0 Å². The average Bonchev–Trinajstić information content (AvgIpc) is 2.17. The molecule has 0 radical (unpaired) electrons. The Morgan fingerprint density at radius 2 is 1.92 bits per heavy atom. The predicted molar refractivity (Wildman–Crippen MR) is 51.7 cm³/mol. The van der Waals surface area contributed by atoms with E-state index in [1.54, 1.807) is 6.92 Å². The summed E-state index contributed by atoms with van der Waals surface area (Å²) in [6.45, 7) is 5.83. The van der Waals surface area contributed by atoms with Crippen LogP contribution in [0, 0.1) is 0 Å². The molecular formula is C9H21NO3. The van der Waals surface area contributed by atoms with Crippen molar-refractivity contribution in [3.05, 3.63) is 0 Å². The van der Waals surface area contributed by atoms with E-state index >= 15 is 0 Å². The Bertz CT molecular complexity index is 115. The van der Waals surface area contributed by atoms with Crippen LogP contribution in [0.1, 0.15) is 20.3 Å². The summed E-state index contributed by atoms with van der Waals surface area (Å²) in [7, 11) is 0. The summed E-state index contributed by atoms with van der Waals surface area (Å²) < 4.78 is 5.15. The van der Waals surface area contributed by atoms with Crippen LogP contribution in [0.2, 0.25) is 0 Å². The monoisotopic (exact) mass is 191 g/mol. The number of ether oxygens (including phenoxy) is 1. The Labute approximate surface area is 79.9 Å². The second-order valence-electron chi connectivity index (χ2n) is 3.35. The molecule has 0 aliphatic heterocycles. The Morgan fingerprint density at radius 3 is 2.38 bits per heavy atom. The minimum absolute atomic E-state index is 0.0574. The molecule has 0 fully saturated rings. The molecule has 0 rings (SSSR count). The lowest BCUT2D eigenvalue weighted by molar-refractivity contribution is 0.0975. The van der Waals surface area contributed by atoms with Crippen molar-refractivity contribution in [2.45, 2.75) is 25.8 Å². The van der Waals surface area contributed by atoms with Crippen molar-refractivity contribution < 1.29 is 14.9 Å². The van der Waals surface area contributed by atoms with Crippen LogP contribution < -0.4 is 5.32 Å². The van der Waals surface area contributed by atoms with Gasteiger partial charge in [0, 0.05) is 13.2 Å². The van der Waals surface area contributed by atoms with Gasteiger partial charge in [0.15, 0.2) is 0 Å². The van der Waals surface area contributed by atoms with Gasteiger partial charge in [-0.1, -0.05) is 0 Å². The number of nitrogens with one attached hydrogen (secondary N) is 1. The minimum Gasteiger partial charge on any atom is -0.394 e. The Morgan fingerprint density at radius 1 is 1.31 bits per heavy atom. The molecule has 0 bridgehead atoms. The number of aliphatic hydroxyl groups is 2. The molecule has 4 heteroatoms. The second kappa shape index (κ2) is 7.26. The number of aliphatic hydroxyl groups excluding tert-OH is 2. The standard InChI is InChI=1S/C9H21NO3/c1-3-13-6-4-5-10-9(2,7-11)8-12/h10-12H,3-8H2,1-2H3. The first-order valence-corrected chi connectivity index (χ1v) is 4.73. The summed E-state index contributed by atoms with van der Waals surface area (Å²) in [5.74, 6) is 0. The molecule has 0 amide bonds. The number of hydrogen-bond acceptors (Lipinski definition) is 4. The van der Waals surface area contributed by atoms with Crippen molar-refractivity contribution in [2.75, 3.05) is 33.0 Å². The normalized spacial score (nSPS) is 12.0. The van der Waals surface area contributed by atoms with E-state index < -0.39 is 5.54 Å². The molecule has 0 aliphatic carbocycles. The molecular weight excluding hydrogens is 170 g/mol. The summed E-state index contributed by atoms with van der Waals surface area (Å²) in [5.41, 5.74) is -0.563. The van der Waals surface area contributed by atoms with Crippen molar-refractivity contribution in [3.8, 4) is 0 Å². The average molecular weight is 191 g/mol. The van der Waals surface area contributed by atoms with Gasteiger partial charge in [-0.3, -0.25) is 0 Å². The highest BCUT2D eigenvalue weighted by atomic mass is 16.5. The molecule has 4 nitrogen and oxygen atoms in total. The highest BCUT2D eigenvalue weighted by Gasteiger charge is 2.20. The minimum atomic E-state index is -0.563. The van der Waals surface area contributed by atoms with E-state index in [0.717, 1.165) is 26.2 Å². The van der Waals surface area contributed by atoms with E-state index in [0.29, 0.717) is 0 Å². The van der Waals surface area contributed by atoms with Gasteiger partial charge in [0.05, 0.1) is 18.8 Å². The first-order chi connectivity index (χ1) is 6.18. The largest absolute Gasteiger partial charge is 0.394 e. The quantitative estimate of drug-likeness (QED) is 0.463. The zero-order valence-corrected chi connectivity index (χ0v) is 8.55. The highest BCUT2D eigenvalue weighted by molar-refractivity contribution is 4.80. The van der Waals surface area contributed by atoms with Gasteiger partial charge in [-0.15, -0.1) is 0 Å². The Kier molecular flexibility index (Phi) is 7.17. The van der Waals surface area contributed by atoms with E-state index in [-0.39, 0.29) is 13.2 Å².